The highest BCUT2D eigenvalue weighted by Gasteiger charge is 2.43. The minimum atomic E-state index is 0.0900. The van der Waals surface area contributed by atoms with Crippen molar-refractivity contribution in [2.24, 2.45) is 0 Å². The average Bonchev–Trinajstić information content (AvgIpc) is 2.34. The molecule has 2 rings (SSSR count). The Kier molecular flexibility index (Phi) is 4.27. The molecule has 1 fully saturated rings. The molecule has 1 saturated heterocycles. The van der Waals surface area contributed by atoms with Crippen LogP contribution >= 0.6 is 0 Å². The maximum atomic E-state index is 6.38. The smallest absolute Gasteiger partial charge is 0.102 e. The van der Waals surface area contributed by atoms with E-state index >= 15 is 0 Å². The van der Waals surface area contributed by atoms with Crippen LogP contribution in [0.1, 0.15) is 71.1 Å². The molecule has 1 aromatic carbocycles. The van der Waals surface area contributed by atoms with Crippen molar-refractivity contribution >= 4 is 0 Å². The molecule has 0 N–H and O–H groups in total. The molecular formula is C18H29NO. The van der Waals surface area contributed by atoms with Gasteiger partial charge in [0.15, 0.2) is 0 Å². The van der Waals surface area contributed by atoms with Crippen LogP contribution in [0.4, 0.5) is 0 Å². The summed E-state index contributed by atoms with van der Waals surface area (Å²) in [4.78, 5) is 6.38. The molecule has 0 bridgehead atoms. The number of rotatable bonds is 3. The fourth-order valence-corrected chi connectivity index (χ4v) is 3.32. The van der Waals surface area contributed by atoms with E-state index in [9.17, 15) is 0 Å². The summed E-state index contributed by atoms with van der Waals surface area (Å²) in [6, 6.07) is 8.65. The van der Waals surface area contributed by atoms with Crippen LogP contribution < -0.4 is 0 Å². The average molecular weight is 275 g/mol. The number of piperidine rings is 1. The monoisotopic (exact) mass is 275 g/mol. The summed E-state index contributed by atoms with van der Waals surface area (Å²) in [6.45, 7) is 13.4. The highest BCUT2D eigenvalue weighted by atomic mass is 16.7. The topological polar surface area (TPSA) is 12.5 Å². The number of hydrogen-bond donors (Lipinski definition) is 0. The lowest BCUT2D eigenvalue weighted by molar-refractivity contribution is -0.304. The Morgan fingerprint density at radius 3 is 2.00 bits per heavy atom. The van der Waals surface area contributed by atoms with Gasteiger partial charge < -0.3 is 0 Å². The third kappa shape index (κ3) is 3.24. The van der Waals surface area contributed by atoms with Gasteiger partial charge in [0.25, 0.3) is 0 Å². The molecule has 1 aromatic rings. The Balaban J connectivity index is 2.16. The minimum Gasteiger partial charge on any atom is -0.290 e. The predicted molar refractivity (Wildman–Crippen MR) is 84.5 cm³/mol. The summed E-state index contributed by atoms with van der Waals surface area (Å²) in [5.41, 5.74) is 2.73. The van der Waals surface area contributed by atoms with Gasteiger partial charge in [-0.15, -0.1) is 0 Å². The van der Waals surface area contributed by atoms with E-state index in [-0.39, 0.29) is 17.2 Å². The number of aryl methyl sites for hydroxylation is 1. The van der Waals surface area contributed by atoms with Gasteiger partial charge in [0.05, 0.1) is 0 Å². The molecule has 0 amide bonds. The van der Waals surface area contributed by atoms with E-state index < -0.39 is 0 Å². The summed E-state index contributed by atoms with van der Waals surface area (Å²) in [5, 5.41) is 2.24. The van der Waals surface area contributed by atoms with Crippen LogP contribution in [0.2, 0.25) is 0 Å². The predicted octanol–water partition coefficient (Wildman–Crippen LogP) is 5.03. The second-order valence-corrected chi connectivity index (χ2v) is 7.43. The Labute approximate surface area is 124 Å². The van der Waals surface area contributed by atoms with Crippen LogP contribution in [0.3, 0.4) is 0 Å². The zero-order valence-electron chi connectivity index (χ0n) is 13.9. The first kappa shape index (κ1) is 15.5. The second kappa shape index (κ2) is 5.50. The summed E-state index contributed by atoms with van der Waals surface area (Å²) in [7, 11) is 0. The minimum absolute atomic E-state index is 0.0900. The first-order valence-corrected chi connectivity index (χ1v) is 7.76. The molecule has 20 heavy (non-hydrogen) atoms. The molecule has 0 saturated carbocycles. The molecule has 0 aliphatic carbocycles. The van der Waals surface area contributed by atoms with Gasteiger partial charge in [-0.25, -0.2) is 0 Å². The third-order valence-electron chi connectivity index (χ3n) is 4.49. The normalized spacial score (nSPS) is 23.5. The van der Waals surface area contributed by atoms with Crippen LogP contribution in [0.5, 0.6) is 0 Å². The van der Waals surface area contributed by atoms with Gasteiger partial charge in [-0.2, -0.15) is 5.06 Å². The molecule has 1 heterocycles. The van der Waals surface area contributed by atoms with Crippen LogP contribution in [-0.4, -0.2) is 16.1 Å². The summed E-state index contributed by atoms with van der Waals surface area (Å²) >= 11 is 0. The molecule has 2 heteroatoms. The third-order valence-corrected chi connectivity index (χ3v) is 4.49. The molecule has 2 nitrogen and oxygen atoms in total. The van der Waals surface area contributed by atoms with Gasteiger partial charge in [0.1, 0.15) is 6.10 Å². The SMILES string of the molecule is Cc1ccc(C(C)ON2C(C)(C)CCCC2(C)C)cc1. The zero-order valence-corrected chi connectivity index (χ0v) is 13.9. The number of hydroxylamine groups is 2. The number of nitrogens with zero attached hydrogens (tertiary/aromatic N) is 1. The van der Waals surface area contributed by atoms with Crippen molar-refractivity contribution < 1.29 is 4.84 Å². The van der Waals surface area contributed by atoms with Crippen LogP contribution in [0.15, 0.2) is 24.3 Å². The van der Waals surface area contributed by atoms with Gasteiger partial charge >= 0.3 is 0 Å². The molecule has 0 spiro atoms. The lowest BCUT2D eigenvalue weighted by Crippen LogP contribution is -2.58. The lowest BCUT2D eigenvalue weighted by atomic mass is 9.82. The van der Waals surface area contributed by atoms with Gasteiger partial charge in [0.2, 0.25) is 0 Å². The van der Waals surface area contributed by atoms with Gasteiger partial charge in [-0.1, -0.05) is 29.8 Å². The zero-order chi connectivity index (χ0) is 15.0. The van der Waals surface area contributed by atoms with Crippen molar-refractivity contribution in [1.82, 2.24) is 5.06 Å². The van der Waals surface area contributed by atoms with E-state index in [2.05, 4.69) is 70.9 Å². The highest BCUT2D eigenvalue weighted by Crippen LogP contribution is 2.40. The standard InChI is InChI=1S/C18H29NO/c1-14-8-10-16(11-9-14)15(2)20-19-17(3,4)12-7-13-18(19,5)6/h8-11,15H,7,12-13H2,1-6H3. The molecule has 1 aliphatic heterocycles. The van der Waals surface area contributed by atoms with Crippen molar-refractivity contribution in [2.75, 3.05) is 0 Å². The summed E-state index contributed by atoms with van der Waals surface area (Å²) in [5.74, 6) is 0. The van der Waals surface area contributed by atoms with Crippen molar-refractivity contribution in [3.05, 3.63) is 35.4 Å². The lowest BCUT2D eigenvalue weighted by Gasteiger charge is -2.52. The molecule has 1 aliphatic rings. The summed E-state index contributed by atoms with van der Waals surface area (Å²) < 4.78 is 0. The Bertz CT molecular complexity index is 431. The molecule has 0 radical (unpaired) electrons. The van der Waals surface area contributed by atoms with Gasteiger partial charge in [-0.3, -0.25) is 4.84 Å². The van der Waals surface area contributed by atoms with Crippen molar-refractivity contribution in [3.63, 3.8) is 0 Å². The highest BCUT2D eigenvalue weighted by molar-refractivity contribution is 5.22. The Hall–Kier alpha value is -0.860. The van der Waals surface area contributed by atoms with Crippen molar-refractivity contribution in [2.45, 2.75) is 78.0 Å². The van der Waals surface area contributed by atoms with E-state index in [1.165, 1.54) is 30.4 Å². The van der Waals surface area contributed by atoms with E-state index in [1.807, 2.05) is 0 Å². The van der Waals surface area contributed by atoms with E-state index in [0.717, 1.165) is 0 Å². The maximum Gasteiger partial charge on any atom is 0.102 e. The maximum absolute atomic E-state index is 6.38. The molecule has 1 unspecified atom stereocenters. The first-order valence-electron chi connectivity index (χ1n) is 7.76. The van der Waals surface area contributed by atoms with E-state index in [0.29, 0.717) is 0 Å². The molecule has 0 aromatic heterocycles. The largest absolute Gasteiger partial charge is 0.290 e. The van der Waals surface area contributed by atoms with Crippen LogP contribution in [0, 0.1) is 6.92 Å². The second-order valence-electron chi connectivity index (χ2n) is 7.43. The first-order chi connectivity index (χ1) is 9.22. The molecule has 112 valence electrons. The van der Waals surface area contributed by atoms with Crippen LogP contribution in [-0.2, 0) is 4.84 Å². The number of benzene rings is 1. The molecular weight excluding hydrogens is 246 g/mol. The molecule has 1 atom stereocenters. The number of hydrogen-bond acceptors (Lipinski definition) is 2. The van der Waals surface area contributed by atoms with Gasteiger partial charge in [-0.05, 0) is 66.4 Å². The fourth-order valence-electron chi connectivity index (χ4n) is 3.32. The van der Waals surface area contributed by atoms with Gasteiger partial charge in [0, 0.05) is 11.1 Å². The van der Waals surface area contributed by atoms with E-state index in [1.54, 1.807) is 0 Å². The quantitative estimate of drug-likeness (QED) is 0.767. The Morgan fingerprint density at radius 2 is 1.50 bits per heavy atom. The van der Waals surface area contributed by atoms with Crippen molar-refractivity contribution in [1.29, 1.82) is 0 Å². The fraction of sp³-hybridized carbons (Fsp3) is 0.667. The summed E-state index contributed by atoms with van der Waals surface area (Å²) in [6.07, 6.45) is 3.75. The van der Waals surface area contributed by atoms with E-state index in [4.69, 9.17) is 4.84 Å². The van der Waals surface area contributed by atoms with Crippen LogP contribution in [0.25, 0.3) is 0 Å². The Morgan fingerprint density at radius 1 is 1.00 bits per heavy atom. The van der Waals surface area contributed by atoms with Crippen molar-refractivity contribution in [3.8, 4) is 0 Å².